The van der Waals surface area contributed by atoms with Gasteiger partial charge in [-0.1, -0.05) is 56.3 Å². The molecule has 21 heavy (non-hydrogen) atoms. The van der Waals surface area contributed by atoms with Gasteiger partial charge in [0.25, 0.3) is 0 Å². The molecule has 1 rings (SSSR count). The predicted molar refractivity (Wildman–Crippen MR) is 89.2 cm³/mol. The van der Waals surface area contributed by atoms with E-state index in [1.54, 1.807) is 0 Å². The molecule has 0 unspecified atom stereocenters. The van der Waals surface area contributed by atoms with Crippen LogP contribution in [0.25, 0.3) is 0 Å². The van der Waals surface area contributed by atoms with Crippen molar-refractivity contribution in [3.63, 3.8) is 0 Å². The van der Waals surface area contributed by atoms with Crippen LogP contribution in [-0.2, 0) is 22.6 Å². The monoisotopic (exact) mass is 307 g/mol. The fraction of sp³-hybridized carbons (Fsp3) is 0.529. The molecule has 4 heteroatoms. The Labute approximate surface area is 131 Å². The first-order valence-corrected chi connectivity index (χ1v) is 8.50. The molecule has 0 aliphatic heterocycles. The number of aryl methyl sites for hydroxylation is 1. The second-order valence-electron chi connectivity index (χ2n) is 5.34. The van der Waals surface area contributed by atoms with Gasteiger partial charge in [0.15, 0.2) is 5.12 Å². The van der Waals surface area contributed by atoms with Gasteiger partial charge in [0.1, 0.15) is 0 Å². The highest BCUT2D eigenvalue weighted by molar-refractivity contribution is 8.13. The summed E-state index contributed by atoms with van der Waals surface area (Å²) in [5.74, 6) is 0.387. The Morgan fingerprint density at radius 1 is 1.19 bits per heavy atom. The summed E-state index contributed by atoms with van der Waals surface area (Å²) >= 11 is 1.20. The van der Waals surface area contributed by atoms with E-state index < -0.39 is 0 Å². The van der Waals surface area contributed by atoms with Crippen LogP contribution in [0.2, 0.25) is 0 Å². The van der Waals surface area contributed by atoms with Gasteiger partial charge in [0.05, 0.1) is 0 Å². The molecule has 0 heterocycles. The molecule has 1 N–H and O–H groups in total. The molecule has 1 amide bonds. The summed E-state index contributed by atoms with van der Waals surface area (Å²) in [6, 6.07) is 8.40. The molecule has 0 spiro atoms. The van der Waals surface area contributed by atoms with Crippen molar-refractivity contribution in [2.45, 2.75) is 46.6 Å². The van der Waals surface area contributed by atoms with Gasteiger partial charge in [0.2, 0.25) is 5.91 Å². The third-order valence-electron chi connectivity index (χ3n) is 3.29. The molecule has 0 fully saturated rings. The van der Waals surface area contributed by atoms with E-state index in [4.69, 9.17) is 0 Å². The fourth-order valence-electron chi connectivity index (χ4n) is 1.89. The van der Waals surface area contributed by atoms with Crippen LogP contribution in [0, 0.1) is 5.92 Å². The van der Waals surface area contributed by atoms with Crippen molar-refractivity contribution in [2.75, 3.05) is 5.75 Å². The maximum absolute atomic E-state index is 11.9. The van der Waals surface area contributed by atoms with Crippen molar-refractivity contribution in [1.82, 2.24) is 5.32 Å². The van der Waals surface area contributed by atoms with Crippen LogP contribution in [0.15, 0.2) is 24.3 Å². The zero-order chi connectivity index (χ0) is 15.7. The number of amides is 1. The predicted octanol–water partition coefficient (Wildman–Crippen LogP) is 3.56. The third kappa shape index (κ3) is 7.32. The minimum absolute atomic E-state index is 0.00110. The lowest BCUT2D eigenvalue weighted by molar-refractivity contribution is -0.124. The number of thioether (sulfide) groups is 1. The van der Waals surface area contributed by atoms with Gasteiger partial charge in [-0.2, -0.15) is 0 Å². The van der Waals surface area contributed by atoms with E-state index in [0.717, 1.165) is 12.0 Å². The highest BCUT2D eigenvalue weighted by Crippen LogP contribution is 2.10. The molecule has 1 atom stereocenters. The first-order chi connectivity index (χ1) is 10.0. The van der Waals surface area contributed by atoms with E-state index in [1.165, 1.54) is 37.1 Å². The Morgan fingerprint density at radius 2 is 1.81 bits per heavy atom. The summed E-state index contributed by atoms with van der Waals surface area (Å²) in [7, 11) is 0. The molecule has 0 saturated heterocycles. The van der Waals surface area contributed by atoms with E-state index >= 15 is 0 Å². The minimum atomic E-state index is -0.150. The Kier molecular flexibility index (Phi) is 8.13. The second-order valence-corrected chi connectivity index (χ2v) is 6.54. The Hall–Kier alpha value is -1.29. The van der Waals surface area contributed by atoms with Crippen LogP contribution in [0.1, 0.15) is 44.7 Å². The lowest BCUT2D eigenvalue weighted by Gasteiger charge is -2.11. The van der Waals surface area contributed by atoms with Crippen molar-refractivity contribution in [3.05, 3.63) is 35.4 Å². The van der Waals surface area contributed by atoms with Crippen molar-refractivity contribution >= 4 is 22.8 Å². The third-order valence-corrected chi connectivity index (χ3v) is 4.37. The summed E-state index contributed by atoms with van der Waals surface area (Å²) in [5.41, 5.74) is 2.45. The van der Waals surface area contributed by atoms with E-state index in [-0.39, 0.29) is 16.9 Å². The number of carbonyl (C=O) groups is 2. The Balaban J connectivity index is 2.36. The number of benzene rings is 1. The quantitative estimate of drug-likeness (QED) is 0.799. The van der Waals surface area contributed by atoms with Crippen LogP contribution in [-0.4, -0.2) is 16.8 Å². The molecule has 0 radical (unpaired) electrons. The molecule has 0 aliphatic rings. The highest BCUT2D eigenvalue weighted by Gasteiger charge is 2.13. The van der Waals surface area contributed by atoms with Crippen molar-refractivity contribution < 1.29 is 9.59 Å². The van der Waals surface area contributed by atoms with Gasteiger partial charge < -0.3 is 5.32 Å². The number of hydrogen-bond donors (Lipinski definition) is 1. The smallest absolute Gasteiger partial charge is 0.223 e. The van der Waals surface area contributed by atoms with Crippen LogP contribution in [0.3, 0.4) is 0 Å². The average molecular weight is 307 g/mol. The molecular weight excluding hydrogens is 282 g/mol. The zero-order valence-corrected chi connectivity index (χ0v) is 14.0. The largest absolute Gasteiger partial charge is 0.352 e. The average Bonchev–Trinajstić information content (AvgIpc) is 2.49. The highest BCUT2D eigenvalue weighted by atomic mass is 32.2. The molecule has 3 nitrogen and oxygen atoms in total. The SMILES string of the molecule is CCCCc1ccc(CNC(=O)[C@H](C)CSC(C)=O)cc1. The number of unbranched alkanes of at least 4 members (excludes halogenated alkanes) is 1. The standard InChI is InChI=1S/C17H25NO2S/c1-4-5-6-15-7-9-16(10-8-15)11-18-17(20)13(2)12-21-14(3)19/h7-10,13H,4-6,11-12H2,1-3H3,(H,18,20)/t13-/m1/s1. The van der Waals surface area contributed by atoms with E-state index in [1.807, 2.05) is 6.92 Å². The maximum atomic E-state index is 11.9. The first-order valence-electron chi connectivity index (χ1n) is 7.51. The number of carbonyl (C=O) groups excluding carboxylic acids is 2. The molecule has 0 aliphatic carbocycles. The first kappa shape index (κ1) is 17.8. The van der Waals surface area contributed by atoms with Crippen LogP contribution in [0.4, 0.5) is 0 Å². The zero-order valence-electron chi connectivity index (χ0n) is 13.1. The Morgan fingerprint density at radius 3 is 2.38 bits per heavy atom. The van der Waals surface area contributed by atoms with Gasteiger partial charge in [-0.15, -0.1) is 0 Å². The Bertz CT molecular complexity index is 456. The summed E-state index contributed by atoms with van der Waals surface area (Å²) in [4.78, 5) is 22.8. The molecule has 0 saturated carbocycles. The molecule has 116 valence electrons. The fourth-order valence-corrected chi connectivity index (χ4v) is 2.52. The lowest BCUT2D eigenvalue weighted by atomic mass is 10.1. The van der Waals surface area contributed by atoms with Gasteiger partial charge in [-0.3, -0.25) is 9.59 Å². The van der Waals surface area contributed by atoms with Gasteiger partial charge in [-0.05, 0) is 24.0 Å². The lowest BCUT2D eigenvalue weighted by Crippen LogP contribution is -2.30. The summed E-state index contributed by atoms with van der Waals surface area (Å²) in [5, 5.41) is 2.97. The van der Waals surface area contributed by atoms with Gasteiger partial charge >= 0.3 is 0 Å². The second kappa shape index (κ2) is 9.61. The maximum Gasteiger partial charge on any atom is 0.223 e. The molecule has 1 aromatic rings. The van der Waals surface area contributed by atoms with E-state index in [9.17, 15) is 9.59 Å². The molecule has 0 aromatic heterocycles. The van der Waals surface area contributed by atoms with E-state index in [0.29, 0.717) is 12.3 Å². The van der Waals surface area contributed by atoms with Crippen molar-refractivity contribution in [1.29, 1.82) is 0 Å². The number of rotatable bonds is 8. The van der Waals surface area contributed by atoms with Crippen LogP contribution < -0.4 is 5.32 Å². The van der Waals surface area contributed by atoms with Crippen LogP contribution in [0.5, 0.6) is 0 Å². The summed E-state index contributed by atoms with van der Waals surface area (Å²) in [6.45, 7) is 6.10. The summed E-state index contributed by atoms with van der Waals surface area (Å²) < 4.78 is 0. The topological polar surface area (TPSA) is 46.2 Å². The number of hydrogen-bond acceptors (Lipinski definition) is 3. The van der Waals surface area contributed by atoms with Gasteiger partial charge in [0, 0.05) is 25.1 Å². The minimum Gasteiger partial charge on any atom is -0.352 e. The van der Waals surface area contributed by atoms with Crippen molar-refractivity contribution in [2.24, 2.45) is 5.92 Å². The van der Waals surface area contributed by atoms with Crippen molar-refractivity contribution in [3.8, 4) is 0 Å². The number of nitrogens with one attached hydrogen (secondary N) is 1. The normalized spacial score (nSPS) is 12.0. The molecule has 1 aromatic carbocycles. The van der Waals surface area contributed by atoms with Crippen LogP contribution >= 0.6 is 11.8 Å². The summed E-state index contributed by atoms with van der Waals surface area (Å²) in [6.07, 6.45) is 3.53. The van der Waals surface area contributed by atoms with Gasteiger partial charge in [-0.25, -0.2) is 0 Å². The molecular formula is C17H25NO2S. The van der Waals surface area contributed by atoms with E-state index in [2.05, 4.69) is 36.5 Å². The molecule has 0 bridgehead atoms.